The molecule has 0 aromatic heterocycles. The van der Waals surface area contributed by atoms with E-state index in [1.165, 1.54) is 0 Å². The predicted molar refractivity (Wildman–Crippen MR) is 60.7 cm³/mol. The highest BCUT2D eigenvalue weighted by molar-refractivity contribution is 7.95. The van der Waals surface area contributed by atoms with Gasteiger partial charge in [-0.2, -0.15) is 0 Å². The van der Waals surface area contributed by atoms with Gasteiger partial charge in [-0.15, -0.1) is 0 Å². The van der Waals surface area contributed by atoms with Crippen LogP contribution in [0.4, 0.5) is 0 Å². The fourth-order valence-electron chi connectivity index (χ4n) is 1.52. The van der Waals surface area contributed by atoms with E-state index < -0.39 is 31.0 Å². The largest absolute Gasteiger partial charge is 0.380 e. The molecule has 2 N–H and O–H groups in total. The molecule has 96 valence electrons. The van der Waals surface area contributed by atoms with E-state index in [0.717, 1.165) is 6.26 Å². The minimum absolute atomic E-state index is 0.0628. The summed E-state index contributed by atoms with van der Waals surface area (Å²) >= 11 is 0. The number of nitrogens with two attached hydrogens (primary N) is 1. The number of rotatable bonds is 4. The highest BCUT2D eigenvalue weighted by atomic mass is 32.2. The third-order valence-corrected chi connectivity index (χ3v) is 5.94. The molecule has 0 aromatic carbocycles. The SMILES string of the molecule is CS(=O)(=O)CCS(=O)(=O)C1COCCC1N. The van der Waals surface area contributed by atoms with Gasteiger partial charge in [0, 0.05) is 18.9 Å². The lowest BCUT2D eigenvalue weighted by molar-refractivity contribution is 0.0892. The second-order valence-electron chi connectivity index (χ2n) is 4.06. The highest BCUT2D eigenvalue weighted by Gasteiger charge is 2.34. The van der Waals surface area contributed by atoms with Crippen LogP contribution in [-0.4, -0.2) is 59.1 Å². The number of ether oxygens (including phenoxy) is 1. The second-order valence-corrected chi connectivity index (χ2v) is 8.66. The average molecular weight is 271 g/mol. The molecular formula is C8H17NO5S2. The summed E-state index contributed by atoms with van der Waals surface area (Å²) in [6.45, 7) is 0.520. The Labute approximate surface area is 96.0 Å². The summed E-state index contributed by atoms with van der Waals surface area (Å²) in [5.74, 6) is -0.744. The minimum atomic E-state index is -3.49. The first-order valence-electron chi connectivity index (χ1n) is 4.95. The van der Waals surface area contributed by atoms with Crippen molar-refractivity contribution >= 4 is 19.7 Å². The highest BCUT2D eigenvalue weighted by Crippen LogP contribution is 2.15. The Morgan fingerprint density at radius 1 is 1.25 bits per heavy atom. The van der Waals surface area contributed by atoms with Crippen LogP contribution in [0.2, 0.25) is 0 Å². The zero-order valence-electron chi connectivity index (χ0n) is 9.13. The lowest BCUT2D eigenvalue weighted by atomic mass is 10.1. The molecule has 1 saturated heterocycles. The molecule has 16 heavy (non-hydrogen) atoms. The number of hydrogen-bond acceptors (Lipinski definition) is 6. The van der Waals surface area contributed by atoms with Gasteiger partial charge < -0.3 is 10.5 Å². The van der Waals surface area contributed by atoms with Crippen LogP contribution in [-0.2, 0) is 24.4 Å². The summed E-state index contributed by atoms with van der Waals surface area (Å²) in [6, 6.07) is -0.460. The Hall–Kier alpha value is -0.180. The van der Waals surface area contributed by atoms with Gasteiger partial charge in [0.2, 0.25) is 0 Å². The van der Waals surface area contributed by atoms with E-state index in [4.69, 9.17) is 10.5 Å². The number of hydrogen-bond donors (Lipinski definition) is 1. The molecule has 1 fully saturated rings. The molecule has 0 aliphatic carbocycles. The van der Waals surface area contributed by atoms with Crippen LogP contribution in [0, 0.1) is 0 Å². The normalized spacial score (nSPS) is 27.9. The van der Waals surface area contributed by atoms with Gasteiger partial charge in [0.15, 0.2) is 9.84 Å². The van der Waals surface area contributed by atoms with E-state index in [1.54, 1.807) is 0 Å². The van der Waals surface area contributed by atoms with Crippen molar-refractivity contribution in [3.05, 3.63) is 0 Å². The van der Waals surface area contributed by atoms with E-state index in [2.05, 4.69) is 0 Å². The van der Waals surface area contributed by atoms with Crippen molar-refractivity contribution in [2.45, 2.75) is 17.7 Å². The lowest BCUT2D eigenvalue weighted by Gasteiger charge is -2.28. The van der Waals surface area contributed by atoms with E-state index in [9.17, 15) is 16.8 Å². The van der Waals surface area contributed by atoms with Crippen LogP contribution >= 0.6 is 0 Å². The Kier molecular flexibility index (Phi) is 4.33. The molecule has 1 aliphatic rings. The molecule has 0 bridgehead atoms. The summed E-state index contributed by atoms with van der Waals surface area (Å²) in [6.07, 6.45) is 1.50. The van der Waals surface area contributed by atoms with E-state index in [0.29, 0.717) is 13.0 Å². The fourth-order valence-corrected chi connectivity index (χ4v) is 4.93. The molecule has 0 aromatic rings. The monoisotopic (exact) mass is 271 g/mol. The smallest absolute Gasteiger partial charge is 0.157 e. The predicted octanol–water partition coefficient (Wildman–Crippen LogP) is -1.44. The van der Waals surface area contributed by atoms with Crippen molar-refractivity contribution in [2.75, 3.05) is 31.0 Å². The molecule has 1 aliphatic heterocycles. The van der Waals surface area contributed by atoms with E-state index >= 15 is 0 Å². The summed E-state index contributed by atoms with van der Waals surface area (Å²) in [4.78, 5) is 0. The second kappa shape index (κ2) is 4.99. The Morgan fingerprint density at radius 2 is 1.88 bits per heavy atom. The van der Waals surface area contributed by atoms with Crippen LogP contribution in [0.5, 0.6) is 0 Å². The molecule has 1 heterocycles. The van der Waals surface area contributed by atoms with Crippen molar-refractivity contribution in [3.8, 4) is 0 Å². The molecule has 6 nitrogen and oxygen atoms in total. The maximum Gasteiger partial charge on any atom is 0.157 e. The van der Waals surface area contributed by atoms with E-state index in [1.807, 2.05) is 0 Å². The Balaban J connectivity index is 2.69. The first-order valence-corrected chi connectivity index (χ1v) is 8.72. The molecular weight excluding hydrogens is 254 g/mol. The number of sulfone groups is 2. The van der Waals surface area contributed by atoms with Crippen LogP contribution in [0.25, 0.3) is 0 Å². The van der Waals surface area contributed by atoms with Gasteiger partial charge in [-0.3, -0.25) is 0 Å². The van der Waals surface area contributed by atoms with Gasteiger partial charge >= 0.3 is 0 Å². The van der Waals surface area contributed by atoms with Gasteiger partial charge in [-0.25, -0.2) is 16.8 Å². The molecule has 0 radical (unpaired) electrons. The van der Waals surface area contributed by atoms with Gasteiger partial charge in [0.25, 0.3) is 0 Å². The minimum Gasteiger partial charge on any atom is -0.380 e. The van der Waals surface area contributed by atoms with Crippen molar-refractivity contribution in [2.24, 2.45) is 5.73 Å². The van der Waals surface area contributed by atoms with Gasteiger partial charge in [0.05, 0.1) is 23.4 Å². The Morgan fingerprint density at radius 3 is 2.38 bits per heavy atom. The van der Waals surface area contributed by atoms with E-state index in [-0.39, 0.29) is 18.1 Å². The van der Waals surface area contributed by atoms with Gasteiger partial charge in [-0.05, 0) is 6.42 Å². The van der Waals surface area contributed by atoms with Crippen molar-refractivity contribution in [3.63, 3.8) is 0 Å². The van der Waals surface area contributed by atoms with Crippen molar-refractivity contribution in [1.29, 1.82) is 0 Å². The lowest BCUT2D eigenvalue weighted by Crippen LogP contribution is -2.48. The summed E-state index contributed by atoms with van der Waals surface area (Å²) in [7, 11) is -6.77. The zero-order valence-corrected chi connectivity index (χ0v) is 10.8. The summed E-state index contributed by atoms with van der Waals surface area (Å²) < 4.78 is 50.5. The maximum absolute atomic E-state index is 11.8. The molecule has 1 rings (SSSR count). The molecule has 0 saturated carbocycles. The quantitative estimate of drug-likeness (QED) is 0.672. The molecule has 0 spiro atoms. The molecule has 2 atom stereocenters. The zero-order chi connectivity index (χ0) is 12.4. The topological polar surface area (TPSA) is 104 Å². The molecule has 8 heteroatoms. The molecule has 2 unspecified atom stereocenters. The standard InChI is InChI=1S/C8H17NO5S2/c1-15(10,11)4-5-16(12,13)8-6-14-3-2-7(8)9/h7-8H,2-6,9H2,1H3. The third-order valence-electron chi connectivity index (χ3n) is 2.56. The van der Waals surface area contributed by atoms with Gasteiger partial charge in [0.1, 0.15) is 9.84 Å². The fraction of sp³-hybridized carbons (Fsp3) is 1.00. The first kappa shape index (κ1) is 13.9. The summed E-state index contributed by atoms with van der Waals surface area (Å²) in [5.41, 5.74) is 5.70. The first-order chi connectivity index (χ1) is 7.22. The van der Waals surface area contributed by atoms with Crippen LogP contribution in [0.15, 0.2) is 0 Å². The third kappa shape index (κ3) is 4.00. The Bertz CT molecular complexity index is 427. The van der Waals surface area contributed by atoms with Crippen LogP contribution < -0.4 is 5.73 Å². The average Bonchev–Trinajstić information content (AvgIpc) is 2.14. The summed E-state index contributed by atoms with van der Waals surface area (Å²) in [5, 5.41) is -0.775. The molecule has 0 amide bonds. The van der Waals surface area contributed by atoms with Gasteiger partial charge in [-0.1, -0.05) is 0 Å². The van der Waals surface area contributed by atoms with Crippen LogP contribution in [0.3, 0.4) is 0 Å². The van der Waals surface area contributed by atoms with Crippen molar-refractivity contribution in [1.82, 2.24) is 0 Å². The maximum atomic E-state index is 11.8. The van der Waals surface area contributed by atoms with Crippen LogP contribution in [0.1, 0.15) is 6.42 Å². The van der Waals surface area contributed by atoms with Crippen molar-refractivity contribution < 1.29 is 21.6 Å².